The van der Waals surface area contributed by atoms with Crippen LogP contribution in [0, 0.1) is 0 Å². The number of rotatable bonds is 5. The fraction of sp³-hybridized carbons (Fsp3) is 0.286. The summed E-state index contributed by atoms with van der Waals surface area (Å²) in [5.74, 6) is 0.668. The van der Waals surface area contributed by atoms with Crippen LogP contribution in [0.4, 0.5) is 5.69 Å². The van der Waals surface area contributed by atoms with Crippen molar-refractivity contribution in [2.45, 2.75) is 25.8 Å². The molecule has 0 saturated carbocycles. The van der Waals surface area contributed by atoms with Gasteiger partial charge in [-0.1, -0.05) is 26.0 Å². The Kier molecular flexibility index (Phi) is 5.37. The van der Waals surface area contributed by atoms with Crippen LogP contribution in [0.5, 0.6) is 5.75 Å². The third-order valence-corrected chi connectivity index (χ3v) is 6.01. The number of methoxy groups -OCH3 is 1. The number of anilines is 1. The second-order valence-electron chi connectivity index (χ2n) is 6.88. The summed E-state index contributed by atoms with van der Waals surface area (Å²) in [6.07, 6.45) is 1.58. The molecule has 142 valence electrons. The quantitative estimate of drug-likeness (QED) is 0.786. The van der Waals surface area contributed by atoms with Gasteiger partial charge in [-0.2, -0.15) is 0 Å². The number of benzene rings is 2. The number of carbonyl (C=O) groups is 1. The summed E-state index contributed by atoms with van der Waals surface area (Å²) < 4.78 is 29.0. The first kappa shape index (κ1) is 19.2. The summed E-state index contributed by atoms with van der Waals surface area (Å²) in [5, 5.41) is 1.19. The number of sulfone groups is 1. The minimum Gasteiger partial charge on any atom is -0.497 e. The molecule has 2 aromatic carbocycles. The van der Waals surface area contributed by atoms with Crippen LogP contribution in [0.3, 0.4) is 0 Å². The number of nitrogens with zero attached hydrogens (tertiary/aromatic N) is 1. The van der Waals surface area contributed by atoms with Crippen LogP contribution in [0.2, 0.25) is 0 Å². The fourth-order valence-electron chi connectivity index (χ4n) is 3.07. The average molecular weight is 385 g/mol. The topological polar surface area (TPSA) is 63.7 Å². The van der Waals surface area contributed by atoms with E-state index in [4.69, 9.17) is 4.74 Å². The smallest absolute Gasteiger partial charge is 0.258 e. The first-order chi connectivity index (χ1) is 12.8. The van der Waals surface area contributed by atoms with Crippen molar-refractivity contribution in [1.29, 1.82) is 0 Å². The van der Waals surface area contributed by atoms with Gasteiger partial charge in [0.2, 0.25) is 0 Å². The predicted molar refractivity (Wildman–Crippen MR) is 107 cm³/mol. The van der Waals surface area contributed by atoms with Crippen molar-refractivity contribution < 1.29 is 17.9 Å². The van der Waals surface area contributed by atoms with Crippen LogP contribution in [-0.4, -0.2) is 33.2 Å². The average Bonchev–Trinajstić information content (AvgIpc) is 3.01. The van der Waals surface area contributed by atoms with Gasteiger partial charge in [0.15, 0.2) is 9.84 Å². The van der Waals surface area contributed by atoms with Gasteiger partial charge in [0.1, 0.15) is 5.75 Å². The lowest BCUT2D eigenvalue weighted by atomic mass is 10.0. The minimum absolute atomic E-state index is 0.110. The predicted octanol–water partition coefficient (Wildman–Crippen LogP) is 3.78. The Hall–Kier alpha value is -2.60. The molecule has 0 bridgehead atoms. The number of hydrogen-bond donors (Lipinski definition) is 0. The molecule has 0 saturated heterocycles. The Labute approximate surface area is 160 Å². The molecular weight excluding hydrogens is 362 g/mol. The summed E-state index contributed by atoms with van der Waals surface area (Å²) in [5.41, 5.74) is 2.30. The maximum atomic E-state index is 13.2. The molecule has 1 aliphatic rings. The maximum Gasteiger partial charge on any atom is 0.258 e. The van der Waals surface area contributed by atoms with Gasteiger partial charge in [-0.3, -0.25) is 4.79 Å². The third kappa shape index (κ3) is 4.22. The largest absolute Gasteiger partial charge is 0.497 e. The van der Waals surface area contributed by atoms with Crippen molar-refractivity contribution in [3.63, 3.8) is 0 Å². The van der Waals surface area contributed by atoms with Crippen LogP contribution in [0.25, 0.3) is 0 Å². The molecule has 1 atom stereocenters. The highest BCUT2D eigenvalue weighted by Gasteiger charge is 2.32. The molecule has 0 radical (unpaired) electrons. The van der Waals surface area contributed by atoms with E-state index in [1.54, 1.807) is 42.4 Å². The molecule has 0 N–H and O–H groups in total. The molecule has 1 aliphatic heterocycles. The Morgan fingerprint density at radius 1 is 1.07 bits per heavy atom. The molecular formula is C21H23NO4S. The Morgan fingerprint density at radius 3 is 2.19 bits per heavy atom. The molecule has 0 unspecified atom stereocenters. The zero-order valence-electron chi connectivity index (χ0n) is 15.6. The van der Waals surface area contributed by atoms with Crippen LogP contribution in [0.15, 0.2) is 60.0 Å². The van der Waals surface area contributed by atoms with Gasteiger partial charge in [-0.25, -0.2) is 8.42 Å². The van der Waals surface area contributed by atoms with Crippen molar-refractivity contribution in [3.05, 3.63) is 71.1 Å². The first-order valence-corrected chi connectivity index (χ1v) is 10.5. The van der Waals surface area contributed by atoms with Crippen LogP contribution in [0.1, 0.15) is 35.7 Å². The summed E-state index contributed by atoms with van der Waals surface area (Å²) in [6.45, 7) is 4.20. The van der Waals surface area contributed by atoms with Gasteiger partial charge in [0.05, 0.1) is 18.9 Å². The Morgan fingerprint density at radius 2 is 1.70 bits per heavy atom. The summed E-state index contributed by atoms with van der Waals surface area (Å²) in [4.78, 5) is 14.8. The Balaban J connectivity index is 1.98. The van der Waals surface area contributed by atoms with Gasteiger partial charge in [0, 0.05) is 16.7 Å². The van der Waals surface area contributed by atoms with Gasteiger partial charge in [-0.05, 0) is 54.0 Å². The molecule has 3 rings (SSSR count). The van der Waals surface area contributed by atoms with E-state index < -0.39 is 15.9 Å². The summed E-state index contributed by atoms with van der Waals surface area (Å²) in [7, 11) is -1.73. The zero-order valence-corrected chi connectivity index (χ0v) is 16.4. The first-order valence-electron chi connectivity index (χ1n) is 8.79. The van der Waals surface area contributed by atoms with Gasteiger partial charge in [0.25, 0.3) is 5.91 Å². The van der Waals surface area contributed by atoms with E-state index in [2.05, 4.69) is 13.8 Å². The van der Waals surface area contributed by atoms with Crippen molar-refractivity contribution in [2.75, 3.05) is 17.8 Å². The van der Waals surface area contributed by atoms with E-state index in [-0.39, 0.29) is 11.7 Å². The lowest BCUT2D eigenvalue weighted by molar-refractivity contribution is 0.0983. The second kappa shape index (κ2) is 7.56. The van der Waals surface area contributed by atoms with Crippen molar-refractivity contribution in [3.8, 4) is 5.75 Å². The standard InChI is InChI=1S/C21H23NO4S/c1-15(2)16-4-8-18(9-5-16)22(19-12-13-27(24,25)14-19)21(23)17-6-10-20(26-3)11-7-17/h4-13,15,19H,14H2,1-3H3/t19-/m0/s1. The van der Waals surface area contributed by atoms with Gasteiger partial charge < -0.3 is 9.64 Å². The molecule has 6 heteroatoms. The summed E-state index contributed by atoms with van der Waals surface area (Å²) in [6, 6.07) is 14.0. The lowest BCUT2D eigenvalue weighted by Crippen LogP contribution is -2.41. The van der Waals surface area contributed by atoms with Crippen molar-refractivity contribution in [1.82, 2.24) is 0 Å². The van der Waals surface area contributed by atoms with E-state index in [1.165, 1.54) is 5.41 Å². The van der Waals surface area contributed by atoms with Crippen molar-refractivity contribution in [2.24, 2.45) is 0 Å². The molecule has 1 heterocycles. The SMILES string of the molecule is COc1ccc(C(=O)N(c2ccc(C(C)C)cc2)[C@H]2C=CS(=O)(=O)C2)cc1. The van der Waals surface area contributed by atoms with E-state index in [1.807, 2.05) is 24.3 Å². The highest BCUT2D eigenvalue weighted by atomic mass is 32.2. The van der Waals surface area contributed by atoms with Gasteiger partial charge in [-0.15, -0.1) is 0 Å². The number of amides is 1. The van der Waals surface area contributed by atoms with E-state index in [0.29, 0.717) is 22.9 Å². The second-order valence-corrected chi connectivity index (χ2v) is 8.81. The van der Waals surface area contributed by atoms with Gasteiger partial charge >= 0.3 is 0 Å². The van der Waals surface area contributed by atoms with Crippen LogP contribution in [-0.2, 0) is 9.84 Å². The Bertz CT molecular complexity index is 945. The number of ether oxygens (including phenoxy) is 1. The van der Waals surface area contributed by atoms with E-state index in [9.17, 15) is 13.2 Å². The molecule has 1 amide bonds. The molecule has 5 nitrogen and oxygen atoms in total. The molecule has 0 spiro atoms. The monoisotopic (exact) mass is 385 g/mol. The normalized spacial score (nSPS) is 17.9. The van der Waals surface area contributed by atoms with Crippen molar-refractivity contribution >= 4 is 21.4 Å². The van der Waals surface area contributed by atoms with Crippen LogP contribution >= 0.6 is 0 Å². The number of carbonyl (C=O) groups excluding carboxylic acids is 1. The highest BCUT2D eigenvalue weighted by Crippen LogP contribution is 2.27. The molecule has 27 heavy (non-hydrogen) atoms. The maximum absolute atomic E-state index is 13.2. The highest BCUT2D eigenvalue weighted by molar-refractivity contribution is 7.94. The van der Waals surface area contributed by atoms with E-state index >= 15 is 0 Å². The number of hydrogen-bond acceptors (Lipinski definition) is 4. The minimum atomic E-state index is -3.29. The third-order valence-electron chi connectivity index (χ3n) is 4.64. The zero-order chi connectivity index (χ0) is 19.6. The van der Waals surface area contributed by atoms with E-state index in [0.717, 1.165) is 5.56 Å². The molecule has 0 aliphatic carbocycles. The lowest BCUT2D eigenvalue weighted by Gasteiger charge is -2.28. The molecule has 0 fully saturated rings. The molecule has 0 aromatic heterocycles. The summed E-state index contributed by atoms with van der Waals surface area (Å²) >= 11 is 0. The molecule has 2 aromatic rings. The fourth-order valence-corrected chi connectivity index (χ4v) is 4.34. The van der Waals surface area contributed by atoms with Crippen LogP contribution < -0.4 is 9.64 Å².